The van der Waals surface area contributed by atoms with Crippen LogP contribution in [0.5, 0.6) is 0 Å². The maximum Gasteiger partial charge on any atom is 0.150 e. The van der Waals surface area contributed by atoms with E-state index in [9.17, 15) is 9.18 Å². The molecule has 0 amide bonds. The highest BCUT2D eigenvalue weighted by Gasteiger charge is 1.96. The molecule has 1 aromatic carbocycles. The van der Waals surface area contributed by atoms with E-state index in [-0.39, 0.29) is 0 Å². The van der Waals surface area contributed by atoms with Crippen LogP contribution in [-0.4, -0.2) is 13.0 Å². The van der Waals surface area contributed by atoms with Crippen molar-refractivity contribution < 1.29 is 9.18 Å². The minimum atomic E-state index is -0.608. The lowest BCUT2D eigenvalue weighted by Gasteiger charge is -1.96. The molecule has 62 valence electrons. The van der Waals surface area contributed by atoms with Crippen LogP contribution < -0.4 is 0 Å². The fourth-order valence-electron chi connectivity index (χ4n) is 0.948. The zero-order valence-corrected chi connectivity index (χ0v) is 6.53. The monoisotopic (exact) mass is 164 g/mol. The standard InChI is InChI=1S/C10H9FO/c11-7-6-10(8-12)9-4-2-1-3-5-9/h1-6,8H,7H2. The molecule has 1 nitrogen and oxygen atoms in total. The summed E-state index contributed by atoms with van der Waals surface area (Å²) in [7, 11) is 0. The first-order valence-corrected chi connectivity index (χ1v) is 3.65. The molecule has 1 rings (SSSR count). The van der Waals surface area contributed by atoms with Gasteiger partial charge in [-0.3, -0.25) is 4.79 Å². The average molecular weight is 164 g/mol. The maximum absolute atomic E-state index is 11.9. The Hall–Kier alpha value is -1.44. The van der Waals surface area contributed by atoms with Crippen LogP contribution in [0.1, 0.15) is 5.56 Å². The largest absolute Gasteiger partial charge is 0.298 e. The minimum absolute atomic E-state index is 0.401. The fraction of sp³-hybridized carbons (Fsp3) is 0.100. The van der Waals surface area contributed by atoms with Crippen LogP contribution in [0, 0.1) is 0 Å². The number of hydrogen-bond acceptors (Lipinski definition) is 1. The van der Waals surface area contributed by atoms with Crippen molar-refractivity contribution in [3.63, 3.8) is 0 Å². The maximum atomic E-state index is 11.9. The van der Waals surface area contributed by atoms with E-state index in [0.29, 0.717) is 11.9 Å². The molecule has 0 saturated heterocycles. The van der Waals surface area contributed by atoms with Gasteiger partial charge in [-0.05, 0) is 11.6 Å². The van der Waals surface area contributed by atoms with Gasteiger partial charge in [0.05, 0.1) is 0 Å². The summed E-state index contributed by atoms with van der Waals surface area (Å²) in [5.74, 6) is 0. The number of alkyl halides is 1. The molecule has 0 heterocycles. The molecule has 0 bridgehead atoms. The van der Waals surface area contributed by atoms with E-state index < -0.39 is 6.67 Å². The van der Waals surface area contributed by atoms with E-state index in [1.54, 1.807) is 12.1 Å². The lowest BCUT2D eigenvalue weighted by molar-refractivity contribution is -0.103. The molecular weight excluding hydrogens is 155 g/mol. The van der Waals surface area contributed by atoms with Gasteiger partial charge in [0.25, 0.3) is 0 Å². The van der Waals surface area contributed by atoms with E-state index >= 15 is 0 Å². The van der Waals surface area contributed by atoms with Crippen molar-refractivity contribution in [3.8, 4) is 0 Å². The Bertz CT molecular complexity index is 277. The second-order valence-corrected chi connectivity index (χ2v) is 2.30. The molecule has 0 aliphatic rings. The quantitative estimate of drug-likeness (QED) is 0.494. The van der Waals surface area contributed by atoms with Crippen LogP contribution in [0.15, 0.2) is 36.4 Å². The third kappa shape index (κ3) is 2.02. The number of benzene rings is 1. The van der Waals surface area contributed by atoms with Crippen molar-refractivity contribution in [2.24, 2.45) is 0 Å². The van der Waals surface area contributed by atoms with Crippen molar-refractivity contribution in [2.45, 2.75) is 0 Å². The minimum Gasteiger partial charge on any atom is -0.298 e. The Morgan fingerprint density at radius 1 is 1.33 bits per heavy atom. The molecule has 0 atom stereocenters. The summed E-state index contributed by atoms with van der Waals surface area (Å²) in [4.78, 5) is 10.5. The lowest BCUT2D eigenvalue weighted by atomic mass is 10.1. The van der Waals surface area contributed by atoms with Crippen LogP contribution in [0.25, 0.3) is 5.57 Å². The molecule has 0 radical (unpaired) electrons. The van der Waals surface area contributed by atoms with E-state index in [0.717, 1.165) is 5.56 Å². The van der Waals surface area contributed by atoms with Crippen LogP contribution >= 0.6 is 0 Å². The molecular formula is C10H9FO. The van der Waals surface area contributed by atoms with Gasteiger partial charge in [0.1, 0.15) is 13.0 Å². The smallest absolute Gasteiger partial charge is 0.150 e. The first-order chi connectivity index (χ1) is 5.88. The summed E-state index contributed by atoms with van der Waals surface area (Å²) in [5.41, 5.74) is 1.16. The Morgan fingerprint density at radius 3 is 2.50 bits per heavy atom. The Kier molecular flexibility index (Phi) is 3.20. The number of aldehydes is 1. The zero-order valence-electron chi connectivity index (χ0n) is 6.53. The lowest BCUT2D eigenvalue weighted by Crippen LogP contribution is -1.85. The number of halogens is 1. The first-order valence-electron chi connectivity index (χ1n) is 3.65. The third-order valence-electron chi connectivity index (χ3n) is 1.53. The number of rotatable bonds is 3. The third-order valence-corrected chi connectivity index (χ3v) is 1.53. The number of carbonyl (C=O) groups excluding carboxylic acids is 1. The van der Waals surface area contributed by atoms with Crippen molar-refractivity contribution in [3.05, 3.63) is 42.0 Å². The Morgan fingerprint density at radius 2 is 2.00 bits per heavy atom. The van der Waals surface area contributed by atoms with Gasteiger partial charge in [0, 0.05) is 5.57 Å². The molecule has 0 saturated carbocycles. The van der Waals surface area contributed by atoms with Crippen LogP contribution in [-0.2, 0) is 4.79 Å². The molecule has 12 heavy (non-hydrogen) atoms. The second kappa shape index (κ2) is 4.44. The summed E-state index contributed by atoms with van der Waals surface area (Å²) in [6, 6.07) is 9.02. The Labute approximate surface area is 70.5 Å². The normalized spacial score (nSPS) is 11.2. The van der Waals surface area contributed by atoms with Gasteiger partial charge in [-0.2, -0.15) is 0 Å². The van der Waals surface area contributed by atoms with Gasteiger partial charge in [-0.15, -0.1) is 0 Å². The van der Waals surface area contributed by atoms with Crippen molar-refractivity contribution in [2.75, 3.05) is 6.67 Å². The summed E-state index contributed by atoms with van der Waals surface area (Å²) in [6.45, 7) is -0.608. The predicted octanol–water partition coefficient (Wildman–Crippen LogP) is 2.24. The Balaban J connectivity index is 2.96. The van der Waals surface area contributed by atoms with Crippen molar-refractivity contribution in [1.82, 2.24) is 0 Å². The van der Waals surface area contributed by atoms with Crippen molar-refractivity contribution in [1.29, 1.82) is 0 Å². The first kappa shape index (κ1) is 8.65. The van der Waals surface area contributed by atoms with Gasteiger partial charge in [-0.25, -0.2) is 4.39 Å². The molecule has 0 spiro atoms. The SMILES string of the molecule is O=CC(=CCF)c1ccccc1. The molecule has 0 aromatic heterocycles. The topological polar surface area (TPSA) is 17.1 Å². The highest BCUT2D eigenvalue weighted by atomic mass is 19.1. The van der Waals surface area contributed by atoms with Crippen LogP contribution in [0.4, 0.5) is 4.39 Å². The molecule has 0 N–H and O–H groups in total. The second-order valence-electron chi connectivity index (χ2n) is 2.30. The number of allylic oxidation sites excluding steroid dienone is 2. The summed E-state index contributed by atoms with van der Waals surface area (Å²) in [6.07, 6.45) is 1.93. The van der Waals surface area contributed by atoms with Gasteiger partial charge >= 0.3 is 0 Å². The molecule has 0 aliphatic heterocycles. The van der Waals surface area contributed by atoms with E-state index in [1.807, 2.05) is 18.2 Å². The van der Waals surface area contributed by atoms with Gasteiger partial charge in [-0.1, -0.05) is 30.3 Å². The van der Waals surface area contributed by atoms with Crippen LogP contribution in [0.3, 0.4) is 0 Å². The highest BCUT2D eigenvalue weighted by Crippen LogP contribution is 2.10. The average Bonchev–Trinajstić information content (AvgIpc) is 2.15. The molecule has 0 unspecified atom stereocenters. The molecule has 0 aliphatic carbocycles. The number of carbonyl (C=O) groups is 1. The fourth-order valence-corrected chi connectivity index (χ4v) is 0.948. The zero-order chi connectivity index (χ0) is 8.81. The highest BCUT2D eigenvalue weighted by molar-refractivity contribution is 6.06. The van der Waals surface area contributed by atoms with Gasteiger partial charge < -0.3 is 0 Å². The van der Waals surface area contributed by atoms with E-state index in [4.69, 9.17) is 0 Å². The molecule has 1 aromatic rings. The van der Waals surface area contributed by atoms with Gasteiger partial charge in [0.2, 0.25) is 0 Å². The van der Waals surface area contributed by atoms with Gasteiger partial charge in [0.15, 0.2) is 0 Å². The van der Waals surface area contributed by atoms with Crippen LogP contribution in [0.2, 0.25) is 0 Å². The number of hydrogen-bond donors (Lipinski definition) is 0. The molecule has 0 fully saturated rings. The molecule has 2 heteroatoms. The summed E-state index contributed by atoms with van der Waals surface area (Å²) in [5, 5.41) is 0. The van der Waals surface area contributed by atoms with E-state index in [1.165, 1.54) is 6.08 Å². The van der Waals surface area contributed by atoms with Crippen molar-refractivity contribution >= 4 is 11.9 Å². The summed E-state index contributed by atoms with van der Waals surface area (Å²) >= 11 is 0. The summed E-state index contributed by atoms with van der Waals surface area (Å²) < 4.78 is 11.9. The predicted molar refractivity (Wildman–Crippen MR) is 46.5 cm³/mol. The van der Waals surface area contributed by atoms with E-state index in [2.05, 4.69) is 0 Å².